The molecule has 0 saturated carbocycles. The average molecular weight is 530 g/mol. The normalized spacial score (nSPS) is 22.4. The number of anilines is 1. The number of aromatic nitrogens is 4. The zero-order valence-corrected chi connectivity index (χ0v) is 19.0. The van der Waals surface area contributed by atoms with Crippen LogP contribution in [0.5, 0.6) is 0 Å². The fraction of sp³-hybridized carbons (Fsp3) is 0.611. The number of imidazole rings is 1. The first-order chi connectivity index (χ1) is 15.7. The van der Waals surface area contributed by atoms with E-state index < -0.39 is 50.9 Å². The van der Waals surface area contributed by atoms with E-state index in [4.69, 9.17) is 24.0 Å². The van der Waals surface area contributed by atoms with Gasteiger partial charge in [-0.3, -0.25) is 18.7 Å². The summed E-state index contributed by atoms with van der Waals surface area (Å²) in [5.41, 5.74) is 6.29. The Labute approximate surface area is 224 Å². The van der Waals surface area contributed by atoms with Crippen LogP contribution >= 0.6 is 7.82 Å². The van der Waals surface area contributed by atoms with Crippen LogP contribution in [-0.2, 0) is 32.5 Å². The number of phosphoric ester groups is 1. The van der Waals surface area contributed by atoms with Gasteiger partial charge >= 0.3 is 57.5 Å². The number of carbonyl (C=O) groups excluding carboxylic acids is 2. The third kappa shape index (κ3) is 6.64. The van der Waals surface area contributed by atoms with Gasteiger partial charge in [0, 0.05) is 12.8 Å². The number of phosphoric acid groups is 1. The molecule has 1 fully saturated rings. The van der Waals surface area contributed by atoms with Crippen LogP contribution in [0.1, 0.15) is 45.8 Å². The minimum atomic E-state index is -4.64. The molecule has 1 saturated heterocycles. The molecule has 0 radical (unpaired) electrons. The summed E-state index contributed by atoms with van der Waals surface area (Å²) in [6.07, 6.45) is -2.10. The number of nitrogens with two attached hydrogens (primary N) is 1. The molecule has 2 aromatic heterocycles. The van der Waals surface area contributed by atoms with Gasteiger partial charge in [-0.2, -0.15) is 0 Å². The summed E-state index contributed by atoms with van der Waals surface area (Å²) in [5.74, 6) is -1.63. The van der Waals surface area contributed by atoms with E-state index in [2.05, 4.69) is 15.0 Å². The third-order valence-corrected chi connectivity index (χ3v) is 6.05. The molecular weight excluding hydrogens is 501 g/mol. The van der Waals surface area contributed by atoms with Gasteiger partial charge in [0.25, 0.3) is 0 Å². The maximum absolute atomic E-state index is 12.9. The van der Waals surface area contributed by atoms with Gasteiger partial charge in [-0.25, -0.2) is 19.5 Å². The number of nitrogen functional groups attached to an aromatic ring is 1. The van der Waals surface area contributed by atoms with Crippen molar-refractivity contribution in [2.24, 2.45) is 0 Å². The zero-order chi connectivity index (χ0) is 24.2. The van der Waals surface area contributed by atoms with Crippen molar-refractivity contribution >= 4 is 74.5 Å². The molecule has 1 aliphatic heterocycles. The van der Waals surface area contributed by atoms with E-state index in [1.807, 2.05) is 0 Å². The van der Waals surface area contributed by atoms with Gasteiger partial charge in [0.2, 0.25) is 0 Å². The van der Waals surface area contributed by atoms with Crippen molar-refractivity contribution in [3.8, 4) is 0 Å². The Morgan fingerprint density at radius 3 is 2.32 bits per heavy atom. The molecule has 0 unspecified atom stereocenters. The number of nitrogens with zero attached hydrogens (tertiary/aromatic N) is 4. The molecule has 2 aromatic rings. The van der Waals surface area contributed by atoms with Crippen LogP contribution in [0, 0.1) is 0 Å². The fourth-order valence-corrected chi connectivity index (χ4v) is 4.29. The van der Waals surface area contributed by atoms with Gasteiger partial charge < -0.3 is 29.7 Å². The van der Waals surface area contributed by atoms with Gasteiger partial charge in [0.15, 0.2) is 17.7 Å². The third-order valence-electron chi connectivity index (χ3n) is 4.73. The van der Waals surface area contributed by atoms with Crippen LogP contribution in [-0.4, -0.2) is 104 Å². The molecule has 3 heterocycles. The molecule has 0 aliphatic carbocycles. The average Bonchev–Trinajstić information content (AvgIpc) is 3.29. The quantitative estimate of drug-likeness (QED) is 0.273. The van der Waals surface area contributed by atoms with Crippen LogP contribution in [0.3, 0.4) is 0 Å². The summed E-state index contributed by atoms with van der Waals surface area (Å²) >= 11 is 0. The Morgan fingerprint density at radius 2 is 1.74 bits per heavy atom. The molecule has 14 nitrogen and oxygen atoms in total. The van der Waals surface area contributed by atoms with Crippen LogP contribution in [0.4, 0.5) is 5.82 Å². The van der Waals surface area contributed by atoms with Crippen LogP contribution in [0.2, 0.25) is 0 Å². The van der Waals surface area contributed by atoms with Crippen molar-refractivity contribution in [3.05, 3.63) is 12.7 Å². The van der Waals surface area contributed by atoms with Crippen molar-refractivity contribution in [1.82, 2.24) is 19.5 Å². The Bertz CT molecular complexity index is 1030. The Kier molecular flexibility index (Phi) is 10.6. The van der Waals surface area contributed by atoms with Gasteiger partial charge in [0.1, 0.15) is 30.2 Å². The molecule has 1 aliphatic rings. The number of fused-ring (bicyclic) bond motifs is 1. The zero-order valence-electron chi connectivity index (χ0n) is 18.1. The summed E-state index contributed by atoms with van der Waals surface area (Å²) in [5, 5.41) is 20.9. The van der Waals surface area contributed by atoms with E-state index in [9.17, 15) is 24.4 Å². The number of hydrogen-bond acceptors (Lipinski definition) is 13. The standard InChI is InChI=1S/C18H26N5O9P.Ca.2H/c1-3-5-11(24)31-33(28,32-12(25)6-4-2)29-7-10-14(26)15(27)18(30-10)23-9-22-13-16(19)20-8-21-17(13)23;;;/h8-10,14-15,18,26-27H,3-7H2,1-2H3,(H2,19,20,21);;;/t10-,14-,15-,18-;;;/m1.../s1. The number of aliphatic hydroxyl groups excluding tert-OH is 2. The van der Waals surface area contributed by atoms with E-state index in [0.29, 0.717) is 12.8 Å². The van der Waals surface area contributed by atoms with Crippen molar-refractivity contribution in [2.75, 3.05) is 12.3 Å². The number of ether oxygens (including phenoxy) is 1. The molecule has 34 heavy (non-hydrogen) atoms. The second-order valence-corrected chi connectivity index (χ2v) is 8.82. The fourth-order valence-electron chi connectivity index (χ4n) is 3.14. The predicted molar refractivity (Wildman–Crippen MR) is 120 cm³/mol. The second kappa shape index (κ2) is 12.5. The van der Waals surface area contributed by atoms with Crippen molar-refractivity contribution < 1.29 is 42.7 Å². The molecule has 0 aromatic carbocycles. The molecule has 16 heteroatoms. The molecule has 0 bridgehead atoms. The van der Waals surface area contributed by atoms with Gasteiger partial charge in [-0.15, -0.1) is 0 Å². The van der Waals surface area contributed by atoms with Crippen LogP contribution in [0.25, 0.3) is 11.2 Å². The molecule has 3 rings (SSSR count). The van der Waals surface area contributed by atoms with Gasteiger partial charge in [-0.1, -0.05) is 13.8 Å². The Balaban J connectivity index is 0.00000408. The number of aliphatic hydroxyl groups is 2. The first-order valence-corrected chi connectivity index (χ1v) is 11.8. The minimum absolute atomic E-state index is 0. The van der Waals surface area contributed by atoms with Gasteiger partial charge in [0.05, 0.1) is 12.9 Å². The SMILES string of the molecule is CCCC(=O)OP(=O)(OC[C@H]1O[C@@H](n2cnc3c(N)ncnc32)[C@H](O)[C@@H]1O)OC(=O)CCC.[CaH2]. The number of hydrogen-bond donors (Lipinski definition) is 3. The van der Waals surface area contributed by atoms with E-state index in [1.54, 1.807) is 13.8 Å². The van der Waals surface area contributed by atoms with E-state index in [-0.39, 0.29) is 67.6 Å². The summed E-state index contributed by atoms with van der Waals surface area (Å²) < 4.78 is 34.6. The maximum atomic E-state index is 12.9. The molecular formula is C18H28CaN5O9P. The summed E-state index contributed by atoms with van der Waals surface area (Å²) in [7, 11) is -4.64. The molecule has 4 atom stereocenters. The first-order valence-electron chi connectivity index (χ1n) is 10.3. The summed E-state index contributed by atoms with van der Waals surface area (Å²) in [6, 6.07) is 0. The van der Waals surface area contributed by atoms with E-state index in [0.717, 1.165) is 0 Å². The van der Waals surface area contributed by atoms with Crippen molar-refractivity contribution in [3.63, 3.8) is 0 Å². The van der Waals surface area contributed by atoms with Crippen molar-refractivity contribution in [2.45, 2.75) is 64.1 Å². The Morgan fingerprint density at radius 1 is 1.12 bits per heavy atom. The molecule has 0 spiro atoms. The van der Waals surface area contributed by atoms with Gasteiger partial charge in [-0.05, 0) is 12.8 Å². The summed E-state index contributed by atoms with van der Waals surface area (Å²) in [6.45, 7) is 2.80. The second-order valence-electron chi connectivity index (χ2n) is 7.30. The molecule has 186 valence electrons. The van der Waals surface area contributed by atoms with Crippen LogP contribution in [0.15, 0.2) is 12.7 Å². The first kappa shape index (κ1) is 28.9. The molecule has 0 amide bonds. The topological polar surface area (TPSA) is 198 Å². The van der Waals surface area contributed by atoms with E-state index in [1.165, 1.54) is 17.2 Å². The molecule has 4 N–H and O–H groups in total. The number of carbonyl (C=O) groups is 2. The van der Waals surface area contributed by atoms with Crippen molar-refractivity contribution in [1.29, 1.82) is 0 Å². The predicted octanol–water partition coefficient (Wildman–Crippen LogP) is -0.0772. The Hall–Kier alpha value is -1.38. The van der Waals surface area contributed by atoms with E-state index >= 15 is 0 Å². The van der Waals surface area contributed by atoms with Crippen LogP contribution < -0.4 is 5.73 Å². The monoisotopic (exact) mass is 529 g/mol. The summed E-state index contributed by atoms with van der Waals surface area (Å²) in [4.78, 5) is 35.7. The number of rotatable bonds is 10.